The Morgan fingerprint density at radius 2 is 2.17 bits per heavy atom. The molecule has 3 nitrogen and oxygen atoms in total. The highest BCUT2D eigenvalue weighted by Gasteiger charge is 2.11. The van der Waals surface area contributed by atoms with Gasteiger partial charge in [0.15, 0.2) is 0 Å². The standard InChI is InChI=1S/C14H19N3S/c1-2-7-17-14(12-9-15-11-16-10-12)6-5-13-4-3-8-18-13/h3-4,8-11,14,17H,2,5-7H2,1H3. The van der Waals surface area contributed by atoms with E-state index in [1.165, 1.54) is 10.4 Å². The molecule has 0 aliphatic rings. The lowest BCUT2D eigenvalue weighted by Gasteiger charge is -2.17. The van der Waals surface area contributed by atoms with Crippen molar-refractivity contribution in [1.29, 1.82) is 0 Å². The molecule has 96 valence electrons. The molecule has 4 heteroatoms. The molecule has 2 heterocycles. The molecule has 2 aromatic rings. The summed E-state index contributed by atoms with van der Waals surface area (Å²) in [5, 5.41) is 5.71. The largest absolute Gasteiger partial charge is 0.310 e. The van der Waals surface area contributed by atoms with Crippen LogP contribution in [0.25, 0.3) is 0 Å². The maximum Gasteiger partial charge on any atom is 0.115 e. The van der Waals surface area contributed by atoms with E-state index in [0.717, 1.165) is 25.8 Å². The minimum atomic E-state index is 0.355. The summed E-state index contributed by atoms with van der Waals surface area (Å²) in [5.74, 6) is 0. The summed E-state index contributed by atoms with van der Waals surface area (Å²) < 4.78 is 0. The highest BCUT2D eigenvalue weighted by atomic mass is 32.1. The van der Waals surface area contributed by atoms with E-state index >= 15 is 0 Å². The van der Waals surface area contributed by atoms with Gasteiger partial charge in [-0.15, -0.1) is 11.3 Å². The van der Waals surface area contributed by atoms with Gasteiger partial charge < -0.3 is 5.32 Å². The first-order valence-corrected chi connectivity index (χ1v) is 7.28. The Balaban J connectivity index is 1.96. The molecule has 0 amide bonds. The molecule has 18 heavy (non-hydrogen) atoms. The van der Waals surface area contributed by atoms with Gasteiger partial charge in [-0.25, -0.2) is 9.97 Å². The summed E-state index contributed by atoms with van der Waals surface area (Å²) in [6.45, 7) is 3.22. The average Bonchev–Trinajstić information content (AvgIpc) is 2.93. The molecule has 0 aromatic carbocycles. The second-order valence-electron chi connectivity index (χ2n) is 4.30. The average molecular weight is 261 g/mol. The summed E-state index contributed by atoms with van der Waals surface area (Å²) in [7, 11) is 0. The molecule has 0 spiro atoms. The van der Waals surface area contributed by atoms with Gasteiger partial charge in [0.1, 0.15) is 6.33 Å². The van der Waals surface area contributed by atoms with Crippen molar-refractivity contribution in [2.24, 2.45) is 0 Å². The summed E-state index contributed by atoms with van der Waals surface area (Å²) >= 11 is 1.82. The number of aryl methyl sites for hydroxylation is 1. The van der Waals surface area contributed by atoms with Crippen LogP contribution in [-0.4, -0.2) is 16.5 Å². The predicted molar refractivity (Wildman–Crippen MR) is 75.7 cm³/mol. The minimum absolute atomic E-state index is 0.355. The maximum absolute atomic E-state index is 4.11. The predicted octanol–water partition coefficient (Wildman–Crippen LogP) is 3.21. The van der Waals surface area contributed by atoms with Gasteiger partial charge in [0, 0.05) is 28.9 Å². The van der Waals surface area contributed by atoms with E-state index in [1.54, 1.807) is 6.33 Å². The van der Waals surface area contributed by atoms with Crippen LogP contribution in [0.2, 0.25) is 0 Å². The zero-order valence-corrected chi connectivity index (χ0v) is 11.5. The highest BCUT2D eigenvalue weighted by molar-refractivity contribution is 7.09. The topological polar surface area (TPSA) is 37.8 Å². The fourth-order valence-electron chi connectivity index (χ4n) is 1.94. The Morgan fingerprint density at radius 3 is 2.83 bits per heavy atom. The molecule has 0 radical (unpaired) electrons. The number of hydrogen-bond donors (Lipinski definition) is 1. The third-order valence-electron chi connectivity index (χ3n) is 2.88. The number of nitrogens with one attached hydrogen (secondary N) is 1. The Labute approximate surface area is 112 Å². The number of aromatic nitrogens is 2. The number of hydrogen-bond acceptors (Lipinski definition) is 4. The fourth-order valence-corrected chi connectivity index (χ4v) is 2.66. The van der Waals surface area contributed by atoms with E-state index in [9.17, 15) is 0 Å². The summed E-state index contributed by atoms with van der Waals surface area (Å²) in [6, 6.07) is 4.66. The van der Waals surface area contributed by atoms with E-state index in [1.807, 2.05) is 23.7 Å². The van der Waals surface area contributed by atoms with Gasteiger partial charge >= 0.3 is 0 Å². The highest BCUT2D eigenvalue weighted by Crippen LogP contribution is 2.20. The van der Waals surface area contributed by atoms with Gasteiger partial charge in [-0.05, 0) is 37.3 Å². The first-order valence-electron chi connectivity index (χ1n) is 6.41. The van der Waals surface area contributed by atoms with Gasteiger partial charge in [-0.1, -0.05) is 13.0 Å². The molecule has 2 rings (SSSR count). The van der Waals surface area contributed by atoms with Crippen LogP contribution in [0.5, 0.6) is 0 Å². The van der Waals surface area contributed by atoms with Crippen LogP contribution in [0.1, 0.15) is 36.2 Å². The third-order valence-corrected chi connectivity index (χ3v) is 3.82. The van der Waals surface area contributed by atoms with E-state index in [2.05, 4.69) is 39.7 Å². The number of thiophene rings is 1. The van der Waals surface area contributed by atoms with Crippen LogP contribution in [0, 0.1) is 0 Å². The fraction of sp³-hybridized carbons (Fsp3) is 0.429. The van der Waals surface area contributed by atoms with Crippen LogP contribution < -0.4 is 5.32 Å². The molecule has 0 fully saturated rings. The number of nitrogens with zero attached hydrogens (tertiary/aromatic N) is 2. The van der Waals surface area contributed by atoms with Crippen molar-refractivity contribution in [3.05, 3.63) is 46.7 Å². The quantitative estimate of drug-likeness (QED) is 0.831. The Bertz CT molecular complexity index is 428. The first-order chi connectivity index (χ1) is 8.90. The molecule has 0 saturated heterocycles. The van der Waals surface area contributed by atoms with E-state index in [0.29, 0.717) is 6.04 Å². The molecule has 1 unspecified atom stereocenters. The minimum Gasteiger partial charge on any atom is -0.310 e. The van der Waals surface area contributed by atoms with Crippen molar-refractivity contribution in [3.8, 4) is 0 Å². The van der Waals surface area contributed by atoms with Crippen molar-refractivity contribution in [2.45, 2.75) is 32.2 Å². The van der Waals surface area contributed by atoms with Gasteiger partial charge in [0.25, 0.3) is 0 Å². The maximum atomic E-state index is 4.11. The second kappa shape index (κ2) is 7.24. The summed E-state index contributed by atoms with van der Waals surface area (Å²) in [6.07, 6.45) is 8.74. The monoisotopic (exact) mass is 261 g/mol. The van der Waals surface area contributed by atoms with Crippen LogP contribution in [0.3, 0.4) is 0 Å². The third kappa shape index (κ3) is 3.89. The van der Waals surface area contributed by atoms with E-state index < -0.39 is 0 Å². The number of rotatable bonds is 7. The van der Waals surface area contributed by atoms with Gasteiger partial charge in [-0.2, -0.15) is 0 Å². The molecule has 0 bridgehead atoms. The lowest BCUT2D eigenvalue weighted by atomic mass is 10.0. The smallest absolute Gasteiger partial charge is 0.115 e. The van der Waals surface area contributed by atoms with Crippen molar-refractivity contribution in [1.82, 2.24) is 15.3 Å². The molecule has 0 aliphatic heterocycles. The van der Waals surface area contributed by atoms with Gasteiger partial charge in [0.2, 0.25) is 0 Å². The Hall–Kier alpha value is -1.26. The molecule has 0 aliphatic carbocycles. The van der Waals surface area contributed by atoms with Gasteiger partial charge in [-0.3, -0.25) is 0 Å². The molecular formula is C14H19N3S. The SMILES string of the molecule is CCCNC(CCc1cccs1)c1cncnc1. The summed E-state index contributed by atoms with van der Waals surface area (Å²) in [5.41, 5.74) is 1.18. The van der Waals surface area contributed by atoms with Crippen molar-refractivity contribution < 1.29 is 0 Å². The zero-order chi connectivity index (χ0) is 12.6. The molecule has 2 aromatic heterocycles. The van der Waals surface area contributed by atoms with Crippen molar-refractivity contribution >= 4 is 11.3 Å². The molecule has 0 saturated carbocycles. The zero-order valence-electron chi connectivity index (χ0n) is 10.7. The Kier molecular flexibility index (Phi) is 5.30. The lowest BCUT2D eigenvalue weighted by molar-refractivity contribution is 0.498. The van der Waals surface area contributed by atoms with Crippen LogP contribution >= 0.6 is 11.3 Å². The molecular weight excluding hydrogens is 242 g/mol. The van der Waals surface area contributed by atoms with Crippen LogP contribution in [0.4, 0.5) is 0 Å². The Morgan fingerprint density at radius 1 is 1.33 bits per heavy atom. The summed E-state index contributed by atoms with van der Waals surface area (Å²) in [4.78, 5) is 9.66. The van der Waals surface area contributed by atoms with E-state index in [-0.39, 0.29) is 0 Å². The van der Waals surface area contributed by atoms with Crippen molar-refractivity contribution in [2.75, 3.05) is 6.54 Å². The van der Waals surface area contributed by atoms with Crippen molar-refractivity contribution in [3.63, 3.8) is 0 Å². The van der Waals surface area contributed by atoms with Gasteiger partial charge in [0.05, 0.1) is 0 Å². The molecule has 1 N–H and O–H groups in total. The lowest BCUT2D eigenvalue weighted by Crippen LogP contribution is -2.23. The second-order valence-corrected chi connectivity index (χ2v) is 5.33. The van der Waals surface area contributed by atoms with Crippen LogP contribution in [-0.2, 0) is 6.42 Å². The van der Waals surface area contributed by atoms with E-state index in [4.69, 9.17) is 0 Å². The normalized spacial score (nSPS) is 12.5. The van der Waals surface area contributed by atoms with Crippen LogP contribution in [0.15, 0.2) is 36.2 Å². The first kappa shape index (κ1) is 13.2. The molecule has 1 atom stereocenters.